The number of ketones is 1. The smallest absolute Gasteiger partial charge is 0.416 e. The van der Waals surface area contributed by atoms with E-state index in [0.29, 0.717) is 5.56 Å². The third-order valence-electron chi connectivity index (χ3n) is 4.03. The lowest BCUT2D eigenvalue weighted by Crippen LogP contribution is -2.07. The predicted octanol–water partition coefficient (Wildman–Crippen LogP) is 4.42. The van der Waals surface area contributed by atoms with Gasteiger partial charge in [-0.25, -0.2) is 0 Å². The van der Waals surface area contributed by atoms with Crippen molar-refractivity contribution in [2.75, 3.05) is 14.2 Å². The van der Waals surface area contributed by atoms with Gasteiger partial charge in [-0.15, -0.1) is 0 Å². The van der Waals surface area contributed by atoms with Crippen LogP contribution in [0.4, 0.5) is 13.2 Å². The molecule has 4 nitrogen and oxygen atoms in total. The lowest BCUT2D eigenvalue weighted by Gasteiger charge is -2.14. The van der Waals surface area contributed by atoms with E-state index in [1.165, 1.54) is 57.6 Å². The predicted molar refractivity (Wildman–Crippen MR) is 95.0 cm³/mol. The lowest BCUT2D eigenvalue weighted by atomic mass is 10.0. The Labute approximate surface area is 154 Å². The molecule has 2 aromatic carbocycles. The minimum absolute atomic E-state index is 0.108. The van der Waals surface area contributed by atoms with E-state index in [1.54, 1.807) is 0 Å². The number of allylic oxidation sites excluding steroid dienone is 1. The van der Waals surface area contributed by atoms with E-state index >= 15 is 0 Å². The summed E-state index contributed by atoms with van der Waals surface area (Å²) in [5.74, 6) is -0.0868. The Hall–Kier alpha value is -2.80. The summed E-state index contributed by atoms with van der Waals surface area (Å²) >= 11 is 0. The Morgan fingerprint density at radius 3 is 2.33 bits per heavy atom. The van der Waals surface area contributed by atoms with Crippen LogP contribution in [0.15, 0.2) is 36.4 Å². The topological polar surface area (TPSA) is 55.8 Å². The minimum Gasteiger partial charge on any atom is -0.492 e. The summed E-state index contributed by atoms with van der Waals surface area (Å²) < 4.78 is 49.4. The van der Waals surface area contributed by atoms with Crippen molar-refractivity contribution in [1.82, 2.24) is 0 Å². The summed E-state index contributed by atoms with van der Waals surface area (Å²) in [5, 5.41) is 9.34. The molecular formula is C20H19F3O4. The van der Waals surface area contributed by atoms with Crippen LogP contribution in [0.5, 0.6) is 11.5 Å². The van der Waals surface area contributed by atoms with Gasteiger partial charge in [0.05, 0.1) is 32.0 Å². The lowest BCUT2D eigenvalue weighted by molar-refractivity contribution is -0.138. The van der Waals surface area contributed by atoms with Gasteiger partial charge in [0.25, 0.3) is 0 Å². The standard InChI is InChI=1S/C20H19F3O4/c1-12-4-5-13(10-16(12)20(21,22)23)6-9-17(25)15-8-7-14(11-24)18(26-2)19(15)27-3/h4-10,24H,11H2,1-3H3/b9-6+. The normalized spacial score (nSPS) is 11.7. The molecule has 27 heavy (non-hydrogen) atoms. The monoisotopic (exact) mass is 380 g/mol. The molecule has 0 spiro atoms. The number of hydrogen-bond acceptors (Lipinski definition) is 4. The highest BCUT2D eigenvalue weighted by molar-refractivity contribution is 6.09. The first-order chi connectivity index (χ1) is 12.7. The van der Waals surface area contributed by atoms with Gasteiger partial charge in [-0.1, -0.05) is 24.3 Å². The molecule has 0 saturated heterocycles. The van der Waals surface area contributed by atoms with Crippen molar-refractivity contribution in [1.29, 1.82) is 0 Å². The first-order valence-electron chi connectivity index (χ1n) is 7.97. The number of halogens is 3. The van der Waals surface area contributed by atoms with Gasteiger partial charge in [0.15, 0.2) is 17.3 Å². The van der Waals surface area contributed by atoms with Gasteiger partial charge >= 0.3 is 6.18 Å². The first kappa shape index (κ1) is 20.5. The van der Waals surface area contributed by atoms with Crippen LogP contribution in [-0.2, 0) is 12.8 Å². The van der Waals surface area contributed by atoms with Gasteiger partial charge in [-0.2, -0.15) is 13.2 Å². The van der Waals surface area contributed by atoms with Gasteiger partial charge in [0.1, 0.15) is 0 Å². The molecule has 7 heteroatoms. The number of carbonyl (C=O) groups excluding carboxylic acids is 1. The SMILES string of the molecule is COc1c(CO)ccc(C(=O)/C=C/c2ccc(C)c(C(F)(F)F)c2)c1OC. The van der Waals surface area contributed by atoms with Crippen molar-refractivity contribution in [3.05, 3.63) is 64.2 Å². The number of rotatable bonds is 6. The minimum atomic E-state index is -4.46. The molecule has 0 aromatic heterocycles. The summed E-state index contributed by atoms with van der Waals surface area (Å²) in [7, 11) is 2.74. The van der Waals surface area contributed by atoms with E-state index in [1.807, 2.05) is 0 Å². The molecule has 1 N–H and O–H groups in total. The number of hydrogen-bond donors (Lipinski definition) is 1. The van der Waals surface area contributed by atoms with Crippen LogP contribution in [-0.4, -0.2) is 25.1 Å². The number of carbonyl (C=O) groups is 1. The quantitative estimate of drug-likeness (QED) is 0.595. The van der Waals surface area contributed by atoms with Crippen LogP contribution in [0.1, 0.15) is 32.6 Å². The van der Waals surface area contributed by atoms with Crippen LogP contribution >= 0.6 is 0 Å². The fraction of sp³-hybridized carbons (Fsp3) is 0.250. The molecule has 0 bridgehead atoms. The first-order valence-corrected chi connectivity index (χ1v) is 7.97. The molecule has 0 fully saturated rings. The molecule has 144 valence electrons. The fourth-order valence-electron chi connectivity index (χ4n) is 2.66. The van der Waals surface area contributed by atoms with E-state index in [-0.39, 0.29) is 34.8 Å². The molecule has 0 atom stereocenters. The van der Waals surface area contributed by atoms with Crippen molar-refractivity contribution in [3.63, 3.8) is 0 Å². The molecule has 0 aliphatic heterocycles. The number of aliphatic hydroxyl groups is 1. The number of benzene rings is 2. The van der Waals surface area contributed by atoms with Gasteiger partial charge in [-0.3, -0.25) is 4.79 Å². The van der Waals surface area contributed by atoms with Crippen LogP contribution in [0.25, 0.3) is 6.08 Å². The number of aryl methyl sites for hydroxylation is 1. The van der Waals surface area contributed by atoms with Gasteiger partial charge in [0, 0.05) is 5.56 Å². The molecule has 0 amide bonds. The molecule has 0 aliphatic rings. The zero-order chi connectivity index (χ0) is 20.2. The van der Waals surface area contributed by atoms with E-state index < -0.39 is 17.5 Å². The average molecular weight is 380 g/mol. The van der Waals surface area contributed by atoms with Crippen molar-refractivity contribution in [3.8, 4) is 11.5 Å². The average Bonchev–Trinajstić information content (AvgIpc) is 2.64. The third kappa shape index (κ3) is 4.49. The van der Waals surface area contributed by atoms with E-state index in [9.17, 15) is 23.1 Å². The molecule has 2 aromatic rings. The van der Waals surface area contributed by atoms with Crippen molar-refractivity contribution in [2.45, 2.75) is 19.7 Å². The molecule has 0 radical (unpaired) electrons. The van der Waals surface area contributed by atoms with Crippen molar-refractivity contribution >= 4 is 11.9 Å². The van der Waals surface area contributed by atoms with Crippen LogP contribution in [0, 0.1) is 6.92 Å². The summed E-state index contributed by atoms with van der Waals surface area (Å²) in [6, 6.07) is 6.84. The maximum atomic E-state index is 13.0. The van der Waals surface area contributed by atoms with E-state index in [4.69, 9.17) is 9.47 Å². The van der Waals surface area contributed by atoms with E-state index in [2.05, 4.69) is 0 Å². The number of aliphatic hydroxyl groups excluding tert-OH is 1. The molecule has 0 saturated carbocycles. The van der Waals surface area contributed by atoms with Crippen molar-refractivity contribution in [2.24, 2.45) is 0 Å². The molecule has 0 aliphatic carbocycles. The highest BCUT2D eigenvalue weighted by Crippen LogP contribution is 2.36. The Morgan fingerprint density at radius 1 is 1.11 bits per heavy atom. The summed E-state index contributed by atoms with van der Waals surface area (Å²) in [5.41, 5.74) is 0.231. The van der Waals surface area contributed by atoms with E-state index in [0.717, 1.165) is 6.07 Å². The maximum absolute atomic E-state index is 13.0. The number of ether oxygens (including phenoxy) is 2. The summed E-state index contributed by atoms with van der Waals surface area (Å²) in [6.07, 6.45) is -1.99. The number of alkyl halides is 3. The van der Waals surface area contributed by atoms with Gasteiger partial charge < -0.3 is 14.6 Å². The van der Waals surface area contributed by atoms with Crippen molar-refractivity contribution < 1.29 is 32.5 Å². The molecule has 0 unspecified atom stereocenters. The second-order valence-electron chi connectivity index (χ2n) is 5.77. The highest BCUT2D eigenvalue weighted by Gasteiger charge is 2.32. The Balaban J connectivity index is 2.38. The number of methoxy groups -OCH3 is 2. The zero-order valence-electron chi connectivity index (χ0n) is 15.1. The maximum Gasteiger partial charge on any atom is 0.416 e. The third-order valence-corrected chi connectivity index (χ3v) is 4.03. The Bertz CT molecular complexity index is 870. The second-order valence-corrected chi connectivity index (χ2v) is 5.77. The van der Waals surface area contributed by atoms with Crippen LogP contribution in [0.2, 0.25) is 0 Å². The largest absolute Gasteiger partial charge is 0.492 e. The van der Waals surface area contributed by atoms with Gasteiger partial charge in [-0.05, 0) is 36.3 Å². The molecule has 2 rings (SSSR count). The molecule has 0 heterocycles. The Morgan fingerprint density at radius 2 is 1.78 bits per heavy atom. The zero-order valence-corrected chi connectivity index (χ0v) is 15.1. The summed E-state index contributed by atoms with van der Waals surface area (Å²) in [6.45, 7) is 1.08. The van der Waals surface area contributed by atoms with Crippen LogP contribution < -0.4 is 9.47 Å². The fourth-order valence-corrected chi connectivity index (χ4v) is 2.66. The van der Waals surface area contributed by atoms with Crippen LogP contribution in [0.3, 0.4) is 0 Å². The molecular weight excluding hydrogens is 361 g/mol. The summed E-state index contributed by atoms with van der Waals surface area (Å²) in [4.78, 5) is 12.5. The second kappa shape index (κ2) is 8.26. The highest BCUT2D eigenvalue weighted by atomic mass is 19.4. The Kier molecular flexibility index (Phi) is 6.28. The van der Waals surface area contributed by atoms with Gasteiger partial charge in [0.2, 0.25) is 0 Å².